The zero-order valence-corrected chi connectivity index (χ0v) is 16.3. The number of para-hydroxylation sites is 1. The second kappa shape index (κ2) is 7.50. The van der Waals surface area contributed by atoms with Gasteiger partial charge in [-0.25, -0.2) is 0 Å². The van der Waals surface area contributed by atoms with E-state index in [-0.39, 0.29) is 11.8 Å². The number of hydrogen-bond acceptors (Lipinski definition) is 3. The van der Waals surface area contributed by atoms with E-state index in [0.29, 0.717) is 38.3 Å². The van der Waals surface area contributed by atoms with Gasteiger partial charge in [0, 0.05) is 56.9 Å². The van der Waals surface area contributed by atoms with Crippen LogP contribution in [-0.4, -0.2) is 62.1 Å². The van der Waals surface area contributed by atoms with Crippen molar-refractivity contribution in [3.63, 3.8) is 0 Å². The van der Waals surface area contributed by atoms with Gasteiger partial charge in [0.2, 0.25) is 5.91 Å². The average molecular weight is 379 g/mol. The van der Waals surface area contributed by atoms with Gasteiger partial charge in [-0.15, -0.1) is 0 Å². The SMILES string of the molecule is CCn1ccc(CC(=O)N2CCN(C(=O)c3cc4ccccc4n3C)CC2)n1. The summed E-state index contributed by atoms with van der Waals surface area (Å²) in [6, 6.07) is 11.8. The molecule has 2 aromatic heterocycles. The first kappa shape index (κ1) is 18.3. The zero-order valence-electron chi connectivity index (χ0n) is 16.3. The van der Waals surface area contributed by atoms with E-state index < -0.39 is 0 Å². The van der Waals surface area contributed by atoms with Gasteiger partial charge in [-0.2, -0.15) is 5.10 Å². The minimum absolute atomic E-state index is 0.0208. The molecule has 1 saturated heterocycles. The van der Waals surface area contributed by atoms with Crippen LogP contribution in [0.1, 0.15) is 23.1 Å². The molecule has 1 aliphatic heterocycles. The molecule has 0 unspecified atom stereocenters. The van der Waals surface area contributed by atoms with Crippen LogP contribution in [0.5, 0.6) is 0 Å². The van der Waals surface area contributed by atoms with Gasteiger partial charge in [0.05, 0.1) is 12.1 Å². The fourth-order valence-corrected chi connectivity index (χ4v) is 3.76. The Bertz CT molecular complexity index is 1010. The van der Waals surface area contributed by atoms with E-state index in [1.165, 1.54) is 0 Å². The molecule has 0 aliphatic carbocycles. The van der Waals surface area contributed by atoms with E-state index in [2.05, 4.69) is 5.10 Å². The molecule has 28 heavy (non-hydrogen) atoms. The van der Waals surface area contributed by atoms with Crippen molar-refractivity contribution in [2.75, 3.05) is 26.2 Å². The number of benzene rings is 1. The summed E-state index contributed by atoms with van der Waals surface area (Å²) in [5.41, 5.74) is 2.53. The zero-order chi connectivity index (χ0) is 19.7. The molecule has 3 aromatic rings. The largest absolute Gasteiger partial charge is 0.340 e. The smallest absolute Gasteiger partial charge is 0.270 e. The lowest BCUT2D eigenvalue weighted by Crippen LogP contribution is -2.51. The summed E-state index contributed by atoms with van der Waals surface area (Å²) in [5.74, 6) is 0.0885. The molecule has 1 aliphatic rings. The number of rotatable bonds is 4. The molecule has 0 bridgehead atoms. The summed E-state index contributed by atoms with van der Waals surface area (Å²) < 4.78 is 3.77. The van der Waals surface area contributed by atoms with Gasteiger partial charge in [-0.1, -0.05) is 18.2 Å². The lowest BCUT2D eigenvalue weighted by Gasteiger charge is -2.34. The van der Waals surface area contributed by atoms with Crippen molar-refractivity contribution in [1.29, 1.82) is 0 Å². The molecule has 3 heterocycles. The van der Waals surface area contributed by atoms with E-state index in [1.807, 2.05) is 75.6 Å². The third-order valence-electron chi connectivity index (χ3n) is 5.44. The first-order chi connectivity index (χ1) is 13.6. The highest BCUT2D eigenvalue weighted by Gasteiger charge is 2.26. The number of carbonyl (C=O) groups excluding carboxylic acids is 2. The molecular formula is C21H25N5O2. The van der Waals surface area contributed by atoms with Crippen molar-refractivity contribution in [3.05, 3.63) is 54.0 Å². The van der Waals surface area contributed by atoms with Crippen LogP contribution in [0.2, 0.25) is 0 Å². The molecule has 0 radical (unpaired) electrons. The predicted molar refractivity (Wildman–Crippen MR) is 107 cm³/mol. The Balaban J connectivity index is 1.38. The first-order valence-electron chi connectivity index (χ1n) is 9.70. The maximum Gasteiger partial charge on any atom is 0.270 e. The van der Waals surface area contributed by atoms with Crippen LogP contribution in [0, 0.1) is 0 Å². The van der Waals surface area contributed by atoms with E-state index in [9.17, 15) is 9.59 Å². The normalized spacial score (nSPS) is 14.6. The summed E-state index contributed by atoms with van der Waals surface area (Å²) >= 11 is 0. The molecule has 0 saturated carbocycles. The average Bonchev–Trinajstić information content (AvgIpc) is 3.32. The fourth-order valence-electron chi connectivity index (χ4n) is 3.76. The Morgan fingerprint density at radius 1 is 1.04 bits per heavy atom. The van der Waals surface area contributed by atoms with Crippen molar-refractivity contribution in [1.82, 2.24) is 24.1 Å². The fraction of sp³-hybridized carbons (Fsp3) is 0.381. The van der Waals surface area contributed by atoms with E-state index in [0.717, 1.165) is 23.1 Å². The van der Waals surface area contributed by atoms with Crippen molar-refractivity contribution in [2.24, 2.45) is 7.05 Å². The number of piperazine rings is 1. The lowest BCUT2D eigenvalue weighted by atomic mass is 10.2. The second-order valence-electron chi connectivity index (χ2n) is 7.16. The number of aryl methyl sites for hydroxylation is 2. The quantitative estimate of drug-likeness (QED) is 0.696. The minimum atomic E-state index is 0.0208. The molecule has 4 rings (SSSR count). The predicted octanol–water partition coefficient (Wildman–Crippen LogP) is 1.92. The molecule has 146 valence electrons. The molecule has 1 fully saturated rings. The molecule has 0 N–H and O–H groups in total. The van der Waals surface area contributed by atoms with E-state index >= 15 is 0 Å². The van der Waals surface area contributed by atoms with Crippen LogP contribution in [0.15, 0.2) is 42.6 Å². The third-order valence-corrected chi connectivity index (χ3v) is 5.44. The molecule has 7 nitrogen and oxygen atoms in total. The first-order valence-corrected chi connectivity index (χ1v) is 9.70. The van der Waals surface area contributed by atoms with Crippen molar-refractivity contribution in [2.45, 2.75) is 19.9 Å². The minimum Gasteiger partial charge on any atom is -0.340 e. The summed E-state index contributed by atoms with van der Waals surface area (Å²) in [6.45, 7) is 5.03. The van der Waals surface area contributed by atoms with Gasteiger partial charge in [0.15, 0.2) is 0 Å². The Labute approximate surface area is 164 Å². The van der Waals surface area contributed by atoms with E-state index in [1.54, 1.807) is 0 Å². The van der Waals surface area contributed by atoms with Gasteiger partial charge in [0.25, 0.3) is 5.91 Å². The van der Waals surface area contributed by atoms with Crippen LogP contribution in [0.3, 0.4) is 0 Å². The van der Waals surface area contributed by atoms with Crippen molar-refractivity contribution >= 4 is 22.7 Å². The van der Waals surface area contributed by atoms with Crippen LogP contribution >= 0.6 is 0 Å². The molecule has 1 aromatic carbocycles. The highest BCUT2D eigenvalue weighted by atomic mass is 16.2. The number of nitrogens with zero attached hydrogens (tertiary/aromatic N) is 5. The molecule has 7 heteroatoms. The van der Waals surface area contributed by atoms with Crippen LogP contribution in [-0.2, 0) is 24.8 Å². The summed E-state index contributed by atoms with van der Waals surface area (Å²) in [6.07, 6.45) is 2.20. The standard InChI is InChI=1S/C21H25N5O2/c1-3-26-9-8-17(22-26)15-20(27)24-10-12-25(13-11-24)21(28)19-14-16-6-4-5-7-18(16)23(19)2/h4-9,14H,3,10-13,15H2,1-2H3. The molecule has 0 atom stereocenters. The second-order valence-corrected chi connectivity index (χ2v) is 7.16. The Kier molecular flexibility index (Phi) is 4.90. The Morgan fingerprint density at radius 3 is 2.43 bits per heavy atom. The Hall–Kier alpha value is -3.09. The van der Waals surface area contributed by atoms with Crippen molar-refractivity contribution in [3.8, 4) is 0 Å². The maximum absolute atomic E-state index is 13.0. The van der Waals surface area contributed by atoms with Crippen LogP contribution in [0.4, 0.5) is 0 Å². The van der Waals surface area contributed by atoms with Crippen molar-refractivity contribution < 1.29 is 9.59 Å². The number of carbonyl (C=O) groups is 2. The van der Waals surface area contributed by atoms with Gasteiger partial charge in [-0.3, -0.25) is 14.3 Å². The number of aromatic nitrogens is 3. The summed E-state index contributed by atoms with van der Waals surface area (Å²) in [7, 11) is 1.92. The lowest BCUT2D eigenvalue weighted by molar-refractivity contribution is -0.132. The third kappa shape index (κ3) is 3.40. The highest BCUT2D eigenvalue weighted by Crippen LogP contribution is 2.20. The van der Waals surface area contributed by atoms with Crippen LogP contribution in [0.25, 0.3) is 10.9 Å². The van der Waals surface area contributed by atoms with Gasteiger partial charge >= 0.3 is 0 Å². The number of fused-ring (bicyclic) bond motifs is 1. The van der Waals surface area contributed by atoms with Gasteiger partial charge in [0.1, 0.15) is 5.69 Å². The van der Waals surface area contributed by atoms with Crippen LogP contribution < -0.4 is 0 Å². The van der Waals surface area contributed by atoms with Gasteiger partial charge < -0.3 is 14.4 Å². The monoisotopic (exact) mass is 379 g/mol. The van der Waals surface area contributed by atoms with Gasteiger partial charge in [-0.05, 0) is 25.1 Å². The molecule has 2 amide bonds. The summed E-state index contributed by atoms with van der Waals surface area (Å²) in [4.78, 5) is 29.2. The molecule has 0 spiro atoms. The Morgan fingerprint density at radius 2 is 1.75 bits per heavy atom. The number of hydrogen-bond donors (Lipinski definition) is 0. The topological polar surface area (TPSA) is 63.4 Å². The molecular weight excluding hydrogens is 354 g/mol. The number of amides is 2. The maximum atomic E-state index is 13.0. The van der Waals surface area contributed by atoms with E-state index in [4.69, 9.17) is 0 Å². The summed E-state index contributed by atoms with van der Waals surface area (Å²) in [5, 5.41) is 5.44. The highest BCUT2D eigenvalue weighted by molar-refractivity contribution is 5.98.